The number of hydrogen-bond donors (Lipinski definition) is 2. The highest BCUT2D eigenvalue weighted by molar-refractivity contribution is 7.23. The number of alkyl halides is 2. The molecule has 6 rings (SSSR count). The zero-order valence-electron chi connectivity index (χ0n) is 24.4. The van der Waals surface area contributed by atoms with E-state index in [0.29, 0.717) is 49.4 Å². The van der Waals surface area contributed by atoms with Gasteiger partial charge >= 0.3 is 0 Å². The Morgan fingerprint density at radius 3 is 2.60 bits per heavy atom. The molecule has 2 aliphatic rings. The van der Waals surface area contributed by atoms with Crippen LogP contribution in [0.1, 0.15) is 44.7 Å². The number of piperazine rings is 1. The van der Waals surface area contributed by atoms with Gasteiger partial charge in [0.15, 0.2) is 0 Å². The molecule has 1 unspecified atom stereocenters. The number of aromatic nitrogens is 3. The van der Waals surface area contributed by atoms with Crippen LogP contribution < -0.4 is 20.9 Å². The third-order valence-corrected chi connectivity index (χ3v) is 9.70. The van der Waals surface area contributed by atoms with Crippen molar-refractivity contribution in [2.75, 3.05) is 61.3 Å². The van der Waals surface area contributed by atoms with E-state index in [0.717, 1.165) is 37.4 Å². The van der Waals surface area contributed by atoms with Gasteiger partial charge in [0.2, 0.25) is 5.95 Å². The van der Waals surface area contributed by atoms with Crippen LogP contribution in [0.25, 0.3) is 32.2 Å². The zero-order valence-corrected chi connectivity index (χ0v) is 25.2. The first-order valence-electron chi connectivity index (χ1n) is 14.7. The minimum absolute atomic E-state index is 0.0474. The summed E-state index contributed by atoms with van der Waals surface area (Å²) in [7, 11) is 0. The summed E-state index contributed by atoms with van der Waals surface area (Å²) in [6, 6.07) is 5.18. The van der Waals surface area contributed by atoms with Gasteiger partial charge in [-0.15, -0.1) is 11.3 Å². The standard InChI is InChI=1S/C30H34F3N9S/c1-4-16-13-41(10-9-36-16)29-20-12-37-24(18-7-8-21(31)26-22(18)19(11-34)28(35)43-26)23(27(32)33)25(20)38-30(39-29)42-14-17(15-42)40(5-2)6-3/h7-8,12,16-17,27,36H,4-6,9-10,13-15,35H2,1-3H3. The molecule has 226 valence electrons. The fourth-order valence-electron chi connectivity index (χ4n) is 6.26. The van der Waals surface area contributed by atoms with Crippen molar-refractivity contribution < 1.29 is 13.2 Å². The van der Waals surface area contributed by atoms with Gasteiger partial charge in [0.25, 0.3) is 6.43 Å². The monoisotopic (exact) mass is 609 g/mol. The first-order valence-corrected chi connectivity index (χ1v) is 15.5. The van der Waals surface area contributed by atoms with Gasteiger partial charge < -0.3 is 20.9 Å². The van der Waals surface area contributed by atoms with Crippen LogP contribution in [0, 0.1) is 17.1 Å². The van der Waals surface area contributed by atoms with E-state index in [-0.39, 0.29) is 49.0 Å². The van der Waals surface area contributed by atoms with Crippen LogP contribution in [-0.4, -0.2) is 77.7 Å². The number of thiophene rings is 1. The maximum atomic E-state index is 15.2. The third-order valence-electron chi connectivity index (χ3n) is 8.67. The van der Waals surface area contributed by atoms with Crippen LogP contribution in [-0.2, 0) is 0 Å². The van der Waals surface area contributed by atoms with Crippen LogP contribution in [0.3, 0.4) is 0 Å². The van der Waals surface area contributed by atoms with Crippen LogP contribution in [0.5, 0.6) is 0 Å². The number of benzene rings is 1. The lowest BCUT2D eigenvalue weighted by Crippen LogP contribution is -2.60. The lowest BCUT2D eigenvalue weighted by atomic mass is 9.98. The zero-order chi connectivity index (χ0) is 30.4. The SMILES string of the molecule is CCC1CN(c2nc(N3CC(N(CC)CC)C3)nc3c(C(F)F)c(-c4ccc(F)c5sc(N)c(C#N)c45)ncc23)CCN1. The number of halogens is 3. The highest BCUT2D eigenvalue weighted by atomic mass is 32.1. The van der Waals surface area contributed by atoms with Crippen LogP contribution >= 0.6 is 11.3 Å². The average molecular weight is 610 g/mol. The molecule has 2 aliphatic heterocycles. The minimum atomic E-state index is -2.95. The smallest absolute Gasteiger partial charge is 0.268 e. The Hall–Kier alpha value is -3.73. The highest BCUT2D eigenvalue weighted by Gasteiger charge is 2.35. The van der Waals surface area contributed by atoms with Gasteiger partial charge in [-0.2, -0.15) is 10.2 Å². The fourth-order valence-corrected chi connectivity index (χ4v) is 7.21. The molecule has 3 N–H and O–H groups in total. The lowest BCUT2D eigenvalue weighted by Gasteiger charge is -2.45. The molecule has 2 fully saturated rings. The van der Waals surface area contributed by atoms with Crippen LogP contribution in [0.15, 0.2) is 18.3 Å². The summed E-state index contributed by atoms with van der Waals surface area (Å²) >= 11 is 0.919. The van der Waals surface area contributed by atoms with Crippen molar-refractivity contribution in [2.45, 2.75) is 45.7 Å². The summed E-state index contributed by atoms with van der Waals surface area (Å²) < 4.78 is 45.3. The van der Waals surface area contributed by atoms with Crippen molar-refractivity contribution in [3.8, 4) is 17.3 Å². The maximum Gasteiger partial charge on any atom is 0.268 e. The van der Waals surface area contributed by atoms with E-state index in [9.17, 15) is 9.65 Å². The average Bonchev–Trinajstić information content (AvgIpc) is 3.34. The number of likely N-dealkylation sites (N-methyl/N-ethyl adjacent to an activating group) is 1. The summed E-state index contributed by atoms with van der Waals surface area (Å²) in [5.41, 5.74) is 6.01. The molecule has 0 spiro atoms. The molecular formula is C30H34F3N9S. The number of fused-ring (bicyclic) bond motifs is 2. The van der Waals surface area contributed by atoms with Crippen LogP contribution in [0.2, 0.25) is 0 Å². The van der Waals surface area contributed by atoms with Crippen molar-refractivity contribution in [3.05, 3.63) is 35.3 Å². The van der Waals surface area contributed by atoms with Crippen molar-refractivity contribution in [2.24, 2.45) is 0 Å². The predicted molar refractivity (Wildman–Crippen MR) is 165 cm³/mol. The number of anilines is 3. The Morgan fingerprint density at radius 1 is 1.16 bits per heavy atom. The van der Waals surface area contributed by atoms with Crippen molar-refractivity contribution in [3.63, 3.8) is 0 Å². The summed E-state index contributed by atoms with van der Waals surface area (Å²) in [5.74, 6) is 0.403. The Labute approximate surface area is 252 Å². The molecule has 1 aromatic carbocycles. The van der Waals surface area contributed by atoms with E-state index >= 15 is 8.78 Å². The van der Waals surface area contributed by atoms with Crippen LogP contribution in [0.4, 0.5) is 29.9 Å². The summed E-state index contributed by atoms with van der Waals surface area (Å²) in [6.45, 7) is 11.7. The predicted octanol–water partition coefficient (Wildman–Crippen LogP) is 5.16. The maximum absolute atomic E-state index is 15.2. The number of nitriles is 1. The fraction of sp³-hybridized carbons (Fsp3) is 0.467. The van der Waals surface area contributed by atoms with Crippen molar-refractivity contribution >= 4 is 49.1 Å². The van der Waals surface area contributed by atoms with E-state index in [1.54, 1.807) is 0 Å². The lowest BCUT2D eigenvalue weighted by molar-refractivity contribution is 0.153. The van der Waals surface area contributed by atoms with E-state index < -0.39 is 12.2 Å². The second kappa shape index (κ2) is 11.7. The molecule has 0 amide bonds. The van der Waals surface area contributed by atoms with Gasteiger partial charge in [-0.1, -0.05) is 20.8 Å². The van der Waals surface area contributed by atoms with E-state index in [1.165, 1.54) is 18.3 Å². The summed E-state index contributed by atoms with van der Waals surface area (Å²) in [4.78, 5) is 20.8. The van der Waals surface area contributed by atoms with Gasteiger partial charge in [0, 0.05) is 62.0 Å². The number of nitrogens with one attached hydrogen (secondary N) is 1. The Kier molecular flexibility index (Phi) is 8.02. The molecule has 3 aromatic heterocycles. The third kappa shape index (κ3) is 5.01. The second-order valence-corrected chi connectivity index (χ2v) is 12.0. The molecule has 4 aromatic rings. The van der Waals surface area contributed by atoms with Gasteiger partial charge in [-0.25, -0.2) is 18.2 Å². The molecule has 13 heteroatoms. The first-order chi connectivity index (χ1) is 20.8. The van der Waals surface area contributed by atoms with Gasteiger partial charge in [-0.3, -0.25) is 9.88 Å². The molecular weight excluding hydrogens is 575 g/mol. The second-order valence-electron chi connectivity index (χ2n) is 11.0. The Bertz CT molecular complexity index is 1710. The highest BCUT2D eigenvalue weighted by Crippen LogP contribution is 2.44. The molecule has 0 aliphatic carbocycles. The molecule has 0 saturated carbocycles. The first kappa shape index (κ1) is 29.3. The van der Waals surface area contributed by atoms with Crippen molar-refractivity contribution in [1.29, 1.82) is 5.26 Å². The molecule has 43 heavy (non-hydrogen) atoms. The summed E-state index contributed by atoms with van der Waals surface area (Å²) in [6.07, 6.45) is -0.500. The number of pyridine rings is 1. The number of nitrogens with two attached hydrogens (primary N) is 1. The minimum Gasteiger partial charge on any atom is -0.389 e. The Morgan fingerprint density at radius 2 is 1.93 bits per heavy atom. The molecule has 0 bridgehead atoms. The largest absolute Gasteiger partial charge is 0.389 e. The van der Waals surface area contributed by atoms with Gasteiger partial charge in [0.05, 0.1) is 32.4 Å². The molecule has 0 radical (unpaired) electrons. The van der Waals surface area contributed by atoms with E-state index in [2.05, 4.69) is 40.9 Å². The van der Waals surface area contributed by atoms with E-state index in [4.69, 9.17) is 15.7 Å². The molecule has 2 saturated heterocycles. The van der Waals surface area contributed by atoms with Gasteiger partial charge in [-0.05, 0) is 31.6 Å². The Balaban J connectivity index is 1.57. The molecule has 1 atom stereocenters. The number of hydrogen-bond acceptors (Lipinski definition) is 10. The molecule has 5 heterocycles. The number of nitrogens with zero attached hydrogens (tertiary/aromatic N) is 7. The van der Waals surface area contributed by atoms with Crippen molar-refractivity contribution in [1.82, 2.24) is 25.2 Å². The summed E-state index contributed by atoms with van der Waals surface area (Å²) in [5, 5.41) is 14.1. The van der Waals surface area contributed by atoms with E-state index in [1.807, 2.05) is 11.0 Å². The van der Waals surface area contributed by atoms with Gasteiger partial charge in [0.1, 0.15) is 22.7 Å². The number of rotatable bonds is 8. The topological polar surface area (TPSA) is 110 Å². The normalized spacial score (nSPS) is 17.8. The molecule has 9 nitrogen and oxygen atoms in total. The number of nitrogen functional groups attached to an aromatic ring is 1. The quantitative estimate of drug-likeness (QED) is 0.280.